The van der Waals surface area contributed by atoms with Crippen molar-refractivity contribution in [3.63, 3.8) is 0 Å². The predicted molar refractivity (Wildman–Crippen MR) is 15.7 cm³/mol. The lowest BCUT2D eigenvalue weighted by atomic mass is 10.3. The molecule has 4 nitrogen and oxygen atoms in total. The van der Waals surface area contributed by atoms with Crippen molar-refractivity contribution in [3.05, 3.63) is 0 Å². The van der Waals surface area contributed by atoms with Crippen LogP contribution >= 0.6 is 0 Å². The fourth-order valence-electron chi connectivity index (χ4n) is 0. The Kier molecular flexibility index (Phi) is 13.7. The molecule has 0 saturated heterocycles. The number of hydrogen-bond acceptors (Lipinski definition) is 4. The quantitative estimate of drug-likeness (QED) is 0.259. The molecule has 0 saturated carbocycles. The SMILES string of the molecule is OB(O)O.OF. The van der Waals surface area contributed by atoms with Gasteiger partial charge in [0.25, 0.3) is 0 Å². The summed E-state index contributed by atoms with van der Waals surface area (Å²) in [6.45, 7) is 0. The molecule has 6 heteroatoms. The smallest absolute Gasteiger partial charge is 0.402 e. The van der Waals surface area contributed by atoms with Crippen LogP contribution in [0.2, 0.25) is 0 Å². The fraction of sp³-hybridized carbons (Fsp3) is 0. The molecule has 0 rings (SSSR count). The van der Waals surface area contributed by atoms with Crippen molar-refractivity contribution in [2.24, 2.45) is 0 Å². The third kappa shape index (κ3) is 1130. The molecule has 6 heavy (non-hydrogen) atoms. The molecule has 0 atom stereocenters. The van der Waals surface area contributed by atoms with Crippen molar-refractivity contribution in [1.29, 1.82) is 0 Å². The predicted octanol–water partition coefficient (Wildman–Crippen LogP) is -2.19. The van der Waals surface area contributed by atoms with E-state index in [0.29, 0.717) is 0 Å². The molecule has 0 fully saturated rings. The van der Waals surface area contributed by atoms with Crippen molar-refractivity contribution in [3.8, 4) is 0 Å². The van der Waals surface area contributed by atoms with Gasteiger partial charge in [-0.2, -0.15) is 0 Å². The molecular formula is H4BFO4. The molecule has 0 aliphatic carbocycles. The van der Waals surface area contributed by atoms with Gasteiger partial charge in [0, 0.05) is 0 Å². The molecule has 0 unspecified atom stereocenters. The van der Waals surface area contributed by atoms with Crippen LogP contribution in [-0.4, -0.2) is 27.7 Å². The number of halogens is 1. The largest absolute Gasteiger partial charge is 0.631 e. The van der Waals surface area contributed by atoms with Gasteiger partial charge in [-0.25, -0.2) is 5.31 Å². The van der Waals surface area contributed by atoms with Gasteiger partial charge in [-0.3, -0.25) is 0 Å². The van der Waals surface area contributed by atoms with Crippen LogP contribution in [-0.2, 0) is 0 Å². The van der Waals surface area contributed by atoms with Crippen LogP contribution in [0, 0.1) is 0 Å². The molecule has 0 aliphatic heterocycles. The van der Waals surface area contributed by atoms with Crippen molar-refractivity contribution >= 4 is 7.32 Å². The summed E-state index contributed by atoms with van der Waals surface area (Å²) < 4.78 is 8.50. The summed E-state index contributed by atoms with van der Waals surface area (Å²) in [5.74, 6) is 0. The molecule has 0 amide bonds. The van der Waals surface area contributed by atoms with Crippen LogP contribution < -0.4 is 0 Å². The zero-order valence-corrected chi connectivity index (χ0v) is 2.74. The van der Waals surface area contributed by atoms with E-state index in [-0.39, 0.29) is 0 Å². The van der Waals surface area contributed by atoms with E-state index in [0.717, 1.165) is 0 Å². The molecule has 0 spiro atoms. The first kappa shape index (κ1) is 9.27. The molecule has 4 N–H and O–H groups in total. The van der Waals surface area contributed by atoms with Crippen molar-refractivity contribution in [2.45, 2.75) is 0 Å². The minimum atomic E-state index is -2.17. The van der Waals surface area contributed by atoms with Crippen LogP contribution in [0.3, 0.4) is 0 Å². The molecule has 0 radical (unpaired) electrons. The van der Waals surface area contributed by atoms with Crippen LogP contribution in [0.5, 0.6) is 0 Å². The van der Waals surface area contributed by atoms with Gasteiger partial charge in [0.2, 0.25) is 0 Å². The standard InChI is InChI=1S/BH3O3.FHO/c2-1(3)4;1-2/h2-4H;2H. The Bertz CT molecular complexity index is 12.3. The van der Waals surface area contributed by atoms with E-state index < -0.39 is 7.32 Å². The third-order valence-electron chi connectivity index (χ3n) is 0. The van der Waals surface area contributed by atoms with Crippen LogP contribution in [0.25, 0.3) is 0 Å². The lowest BCUT2D eigenvalue weighted by Gasteiger charge is -1.69. The Morgan fingerprint density at radius 2 is 1.00 bits per heavy atom. The molecule has 0 aliphatic rings. The average molecular weight is 97.8 g/mol. The lowest BCUT2D eigenvalue weighted by Crippen LogP contribution is -2.07. The first-order valence-electron chi connectivity index (χ1n) is 0.944. The number of hydrogen-bond donors (Lipinski definition) is 4. The maximum atomic E-state index is 8.50. The van der Waals surface area contributed by atoms with E-state index in [1.807, 2.05) is 0 Å². The van der Waals surface area contributed by atoms with Crippen molar-refractivity contribution in [1.82, 2.24) is 0 Å². The molecule has 0 bridgehead atoms. The molecule has 0 aromatic carbocycles. The second-order valence-electron chi connectivity index (χ2n) is 0.346. The maximum absolute atomic E-state index is 8.50. The Hall–Kier alpha value is -0.165. The average Bonchev–Trinajstić information content (AvgIpc) is 1.41. The van der Waals surface area contributed by atoms with Gasteiger partial charge >= 0.3 is 7.32 Å². The molecule has 0 aromatic heterocycles. The van der Waals surface area contributed by atoms with E-state index in [9.17, 15) is 0 Å². The Balaban J connectivity index is 0. The van der Waals surface area contributed by atoms with E-state index in [1.54, 1.807) is 0 Å². The van der Waals surface area contributed by atoms with Crippen molar-refractivity contribution < 1.29 is 24.9 Å². The summed E-state index contributed by atoms with van der Waals surface area (Å²) in [5.41, 5.74) is 0. The van der Waals surface area contributed by atoms with E-state index in [2.05, 4.69) is 0 Å². The topological polar surface area (TPSA) is 80.9 Å². The Morgan fingerprint density at radius 1 is 1.00 bits per heavy atom. The van der Waals surface area contributed by atoms with E-state index in [4.69, 9.17) is 24.9 Å². The monoisotopic (exact) mass is 98.0 g/mol. The fourth-order valence-corrected chi connectivity index (χ4v) is 0. The number of rotatable bonds is 0. The van der Waals surface area contributed by atoms with Crippen LogP contribution in [0.1, 0.15) is 0 Å². The molecule has 0 heterocycles. The first-order chi connectivity index (χ1) is 2.73. The summed E-state index contributed by atoms with van der Waals surface area (Å²) in [4.78, 5) is 0. The zero-order valence-electron chi connectivity index (χ0n) is 2.74. The van der Waals surface area contributed by atoms with Gasteiger partial charge in [0.15, 0.2) is 0 Å². The highest BCUT2D eigenvalue weighted by Crippen LogP contribution is 1.40. The Labute approximate surface area is 33.6 Å². The molecular weight excluding hydrogens is 93.8 g/mol. The third-order valence-corrected chi connectivity index (χ3v) is 0. The maximum Gasteiger partial charge on any atom is 0.631 e. The van der Waals surface area contributed by atoms with Gasteiger partial charge in [-0.1, -0.05) is 4.53 Å². The van der Waals surface area contributed by atoms with Gasteiger partial charge in [-0.15, -0.1) is 0 Å². The van der Waals surface area contributed by atoms with Crippen molar-refractivity contribution in [2.75, 3.05) is 0 Å². The van der Waals surface area contributed by atoms with E-state index in [1.165, 1.54) is 0 Å². The summed E-state index contributed by atoms with van der Waals surface area (Å²) in [5, 5.41) is 27.0. The second kappa shape index (κ2) is 8.85. The van der Waals surface area contributed by atoms with Crippen LogP contribution in [0.15, 0.2) is 0 Å². The lowest BCUT2D eigenvalue weighted by molar-refractivity contribution is -0.0441. The highest BCUT2D eigenvalue weighted by molar-refractivity contribution is 6.30. The second-order valence-corrected chi connectivity index (χ2v) is 0.346. The minimum Gasteiger partial charge on any atom is -0.402 e. The highest BCUT2D eigenvalue weighted by atomic mass is 19.3. The summed E-state index contributed by atoms with van der Waals surface area (Å²) >= 11 is 0. The summed E-state index contributed by atoms with van der Waals surface area (Å²) in [7, 11) is -2.17. The first-order valence-corrected chi connectivity index (χ1v) is 0.944. The van der Waals surface area contributed by atoms with Gasteiger partial charge in [0.1, 0.15) is 0 Å². The molecule has 38 valence electrons. The van der Waals surface area contributed by atoms with Crippen LogP contribution in [0.4, 0.5) is 4.53 Å². The Morgan fingerprint density at radius 3 is 1.00 bits per heavy atom. The summed E-state index contributed by atoms with van der Waals surface area (Å²) in [6.07, 6.45) is 0. The zero-order chi connectivity index (χ0) is 5.58. The van der Waals surface area contributed by atoms with E-state index >= 15 is 0 Å². The van der Waals surface area contributed by atoms with Gasteiger partial charge in [0.05, 0.1) is 0 Å². The minimum absolute atomic E-state index is 2.17. The summed E-state index contributed by atoms with van der Waals surface area (Å²) in [6, 6.07) is 0. The van der Waals surface area contributed by atoms with Gasteiger partial charge < -0.3 is 15.1 Å². The van der Waals surface area contributed by atoms with Gasteiger partial charge in [-0.05, 0) is 0 Å². The normalized spacial score (nSPS) is 5.50. The molecule has 0 aromatic rings. The highest BCUT2D eigenvalue weighted by Gasteiger charge is 1.92.